The minimum Gasteiger partial charge on any atom is -0.481 e. The Labute approximate surface area is 82.7 Å². The number of aliphatic hydroxyl groups excluding tert-OH is 1. The SMILES string of the molecule is CC(=O)CCC(=O)O.CC(O)CC=O. The van der Waals surface area contributed by atoms with E-state index in [2.05, 4.69) is 0 Å². The summed E-state index contributed by atoms with van der Waals surface area (Å²) in [5.74, 6) is -0.993. The first-order valence-corrected chi connectivity index (χ1v) is 4.23. The number of hydrogen-bond donors (Lipinski definition) is 2. The van der Waals surface area contributed by atoms with Gasteiger partial charge in [0.15, 0.2) is 0 Å². The zero-order valence-electron chi connectivity index (χ0n) is 8.40. The van der Waals surface area contributed by atoms with Crippen molar-refractivity contribution >= 4 is 18.0 Å². The molecule has 1 atom stereocenters. The van der Waals surface area contributed by atoms with Crippen molar-refractivity contribution in [1.29, 1.82) is 0 Å². The largest absolute Gasteiger partial charge is 0.481 e. The maximum absolute atomic E-state index is 10.1. The lowest BCUT2D eigenvalue weighted by Gasteiger charge is -1.89. The summed E-state index contributed by atoms with van der Waals surface area (Å²) in [6, 6.07) is 0. The number of aldehydes is 1. The zero-order valence-corrected chi connectivity index (χ0v) is 8.40. The Bertz CT molecular complexity index is 172. The van der Waals surface area contributed by atoms with Crippen LogP contribution < -0.4 is 0 Å². The van der Waals surface area contributed by atoms with Crippen LogP contribution in [0.3, 0.4) is 0 Å². The van der Waals surface area contributed by atoms with E-state index < -0.39 is 12.1 Å². The van der Waals surface area contributed by atoms with Gasteiger partial charge in [-0.05, 0) is 13.8 Å². The van der Waals surface area contributed by atoms with E-state index in [0.717, 1.165) is 0 Å². The molecule has 82 valence electrons. The maximum Gasteiger partial charge on any atom is 0.303 e. The number of carbonyl (C=O) groups is 3. The third-order valence-electron chi connectivity index (χ3n) is 1.13. The molecule has 0 aliphatic rings. The van der Waals surface area contributed by atoms with Gasteiger partial charge >= 0.3 is 5.97 Å². The average molecular weight is 204 g/mol. The van der Waals surface area contributed by atoms with Crippen LogP contribution in [0.25, 0.3) is 0 Å². The summed E-state index contributed by atoms with van der Waals surface area (Å²) >= 11 is 0. The number of aliphatic hydroxyl groups is 1. The molecule has 0 heterocycles. The van der Waals surface area contributed by atoms with Gasteiger partial charge < -0.3 is 19.8 Å². The third kappa shape index (κ3) is 22.4. The Kier molecular flexibility index (Phi) is 10.7. The Hall–Kier alpha value is -1.23. The summed E-state index contributed by atoms with van der Waals surface area (Å²) in [6.07, 6.45) is 0.581. The molecule has 0 aromatic heterocycles. The van der Waals surface area contributed by atoms with Crippen molar-refractivity contribution < 1.29 is 24.6 Å². The summed E-state index contributed by atoms with van der Waals surface area (Å²) in [6.45, 7) is 2.96. The van der Waals surface area contributed by atoms with Crippen LogP contribution >= 0.6 is 0 Å². The van der Waals surface area contributed by atoms with Crippen LogP contribution in [0.2, 0.25) is 0 Å². The van der Waals surface area contributed by atoms with Gasteiger partial charge in [0.25, 0.3) is 0 Å². The Morgan fingerprint density at radius 2 is 1.86 bits per heavy atom. The molecule has 0 aliphatic carbocycles. The van der Waals surface area contributed by atoms with Crippen LogP contribution in [0, 0.1) is 0 Å². The van der Waals surface area contributed by atoms with Gasteiger partial charge in [-0.3, -0.25) is 4.79 Å². The van der Waals surface area contributed by atoms with Gasteiger partial charge in [-0.1, -0.05) is 0 Å². The lowest BCUT2D eigenvalue weighted by atomic mass is 10.2. The molecular weight excluding hydrogens is 188 g/mol. The van der Waals surface area contributed by atoms with E-state index in [1.54, 1.807) is 6.92 Å². The minimum atomic E-state index is -0.916. The standard InChI is InChI=1S/C5H8O3.C4H8O2/c1-4(6)2-3-5(7)8;1-4(6)2-3-5/h2-3H2,1H3,(H,7,8);3-4,6H,2H2,1H3. The van der Waals surface area contributed by atoms with Crippen molar-refractivity contribution in [3.63, 3.8) is 0 Å². The molecule has 0 saturated heterocycles. The molecule has 0 aliphatic heterocycles. The second-order valence-corrected chi connectivity index (χ2v) is 2.85. The molecule has 2 N–H and O–H groups in total. The molecule has 5 nitrogen and oxygen atoms in total. The second-order valence-electron chi connectivity index (χ2n) is 2.85. The molecule has 0 spiro atoms. The number of carbonyl (C=O) groups excluding carboxylic acids is 2. The average Bonchev–Trinajstić information content (AvgIpc) is 2.01. The molecular formula is C9H16O5. The molecule has 0 bridgehead atoms. The van der Waals surface area contributed by atoms with Crippen LogP contribution in [0.15, 0.2) is 0 Å². The highest BCUT2D eigenvalue weighted by atomic mass is 16.4. The molecule has 0 radical (unpaired) electrons. The number of aliphatic carboxylic acids is 1. The topological polar surface area (TPSA) is 91.7 Å². The Balaban J connectivity index is 0. The molecule has 0 aromatic carbocycles. The number of carboxylic acids is 1. The molecule has 14 heavy (non-hydrogen) atoms. The van der Waals surface area contributed by atoms with E-state index in [4.69, 9.17) is 10.2 Å². The van der Waals surface area contributed by atoms with E-state index in [-0.39, 0.29) is 25.0 Å². The highest BCUT2D eigenvalue weighted by Crippen LogP contribution is 1.87. The quantitative estimate of drug-likeness (QED) is 0.632. The van der Waals surface area contributed by atoms with Crippen LogP contribution in [0.5, 0.6) is 0 Å². The Morgan fingerprint density at radius 1 is 1.36 bits per heavy atom. The van der Waals surface area contributed by atoms with E-state index in [1.165, 1.54) is 6.92 Å². The second kappa shape index (κ2) is 9.85. The lowest BCUT2D eigenvalue weighted by molar-refractivity contribution is -0.138. The fraction of sp³-hybridized carbons (Fsp3) is 0.667. The first-order valence-electron chi connectivity index (χ1n) is 4.23. The van der Waals surface area contributed by atoms with Crippen LogP contribution in [0.4, 0.5) is 0 Å². The van der Waals surface area contributed by atoms with Crippen LogP contribution in [-0.4, -0.2) is 34.4 Å². The van der Waals surface area contributed by atoms with Crippen molar-refractivity contribution in [2.45, 2.75) is 39.2 Å². The molecule has 0 amide bonds. The normalized spacial score (nSPS) is 10.8. The summed E-state index contributed by atoms with van der Waals surface area (Å²) in [5, 5.41) is 16.3. The van der Waals surface area contributed by atoms with Crippen molar-refractivity contribution in [1.82, 2.24) is 0 Å². The summed E-state index contributed by atoms with van der Waals surface area (Å²) < 4.78 is 0. The minimum absolute atomic E-state index is 0.0463. The zero-order chi connectivity index (χ0) is 11.6. The van der Waals surface area contributed by atoms with Gasteiger partial charge in [-0.2, -0.15) is 0 Å². The summed E-state index contributed by atoms with van der Waals surface area (Å²) in [4.78, 5) is 29.3. The number of Topliss-reactive ketones (excluding diaryl/α,β-unsaturated/α-hetero) is 1. The fourth-order valence-electron chi connectivity index (χ4n) is 0.422. The van der Waals surface area contributed by atoms with Gasteiger partial charge in [0.05, 0.1) is 12.5 Å². The molecule has 0 rings (SSSR count). The Morgan fingerprint density at radius 3 is 1.93 bits per heavy atom. The van der Waals surface area contributed by atoms with E-state index in [1.807, 2.05) is 0 Å². The van der Waals surface area contributed by atoms with Gasteiger partial charge in [0, 0.05) is 12.8 Å². The van der Waals surface area contributed by atoms with Crippen molar-refractivity contribution in [3.8, 4) is 0 Å². The van der Waals surface area contributed by atoms with Crippen molar-refractivity contribution in [3.05, 3.63) is 0 Å². The molecule has 0 aromatic rings. The molecule has 0 fully saturated rings. The summed E-state index contributed by atoms with van der Waals surface area (Å²) in [5.41, 5.74) is 0. The van der Waals surface area contributed by atoms with Gasteiger partial charge in [0.1, 0.15) is 12.1 Å². The van der Waals surface area contributed by atoms with Crippen LogP contribution in [0.1, 0.15) is 33.1 Å². The van der Waals surface area contributed by atoms with Gasteiger partial charge in [-0.25, -0.2) is 0 Å². The van der Waals surface area contributed by atoms with Gasteiger partial charge in [-0.15, -0.1) is 0 Å². The number of rotatable bonds is 5. The maximum atomic E-state index is 10.1. The molecule has 1 unspecified atom stereocenters. The number of ketones is 1. The smallest absolute Gasteiger partial charge is 0.303 e. The molecule has 0 saturated carbocycles. The molecule has 5 heteroatoms. The van der Waals surface area contributed by atoms with E-state index in [0.29, 0.717) is 6.29 Å². The lowest BCUT2D eigenvalue weighted by Crippen LogP contribution is -1.98. The van der Waals surface area contributed by atoms with Crippen molar-refractivity contribution in [2.24, 2.45) is 0 Å². The highest BCUT2D eigenvalue weighted by molar-refractivity contribution is 5.80. The monoisotopic (exact) mass is 204 g/mol. The van der Waals surface area contributed by atoms with Crippen molar-refractivity contribution in [2.75, 3.05) is 0 Å². The van der Waals surface area contributed by atoms with E-state index >= 15 is 0 Å². The summed E-state index contributed by atoms with van der Waals surface area (Å²) in [7, 11) is 0. The first-order chi connectivity index (χ1) is 6.40. The predicted octanol–water partition coefficient (Wildman–Crippen LogP) is 0.396. The fourth-order valence-corrected chi connectivity index (χ4v) is 0.422. The predicted molar refractivity (Wildman–Crippen MR) is 49.9 cm³/mol. The highest BCUT2D eigenvalue weighted by Gasteiger charge is 1.97. The van der Waals surface area contributed by atoms with E-state index in [9.17, 15) is 14.4 Å². The number of hydrogen-bond acceptors (Lipinski definition) is 4. The first kappa shape index (κ1) is 15.3. The third-order valence-corrected chi connectivity index (χ3v) is 1.13. The van der Waals surface area contributed by atoms with Crippen LogP contribution in [-0.2, 0) is 14.4 Å². The number of carboxylic acid groups (broad SMARTS) is 1. The van der Waals surface area contributed by atoms with Gasteiger partial charge in [0.2, 0.25) is 0 Å².